The number of imidazole rings is 1. The van der Waals surface area contributed by atoms with Gasteiger partial charge in [-0.05, 0) is 25.0 Å². The van der Waals surface area contributed by atoms with Crippen molar-refractivity contribution >= 4 is 22.7 Å². The summed E-state index contributed by atoms with van der Waals surface area (Å²) in [6.45, 7) is 1.42. The summed E-state index contributed by atoms with van der Waals surface area (Å²) in [6, 6.07) is 9.76. The van der Waals surface area contributed by atoms with Gasteiger partial charge >= 0.3 is 0 Å². The van der Waals surface area contributed by atoms with Gasteiger partial charge in [-0.15, -0.1) is 0 Å². The Morgan fingerprint density at radius 1 is 1.31 bits per heavy atom. The van der Waals surface area contributed by atoms with Gasteiger partial charge in [-0.25, -0.2) is 4.98 Å². The minimum Gasteiger partial charge on any atom is -0.368 e. The fourth-order valence-electron chi connectivity index (χ4n) is 3.71. The van der Waals surface area contributed by atoms with Crippen molar-refractivity contribution in [3.63, 3.8) is 0 Å². The summed E-state index contributed by atoms with van der Waals surface area (Å²) in [5.41, 5.74) is 6.88. The average molecular weight is 351 g/mol. The highest BCUT2D eigenvalue weighted by atomic mass is 16.2. The Labute approximate surface area is 150 Å². The molecule has 0 aliphatic carbocycles. The number of rotatable bonds is 4. The van der Waals surface area contributed by atoms with Crippen LogP contribution in [0.5, 0.6) is 0 Å². The monoisotopic (exact) mass is 351 g/mol. The lowest BCUT2D eigenvalue weighted by Gasteiger charge is -2.32. The first-order valence-corrected chi connectivity index (χ1v) is 8.78. The maximum absolute atomic E-state index is 12.9. The largest absolute Gasteiger partial charge is 0.368 e. The van der Waals surface area contributed by atoms with E-state index in [1.165, 1.54) is 0 Å². The van der Waals surface area contributed by atoms with Gasteiger partial charge < -0.3 is 20.2 Å². The van der Waals surface area contributed by atoms with Gasteiger partial charge in [-0.1, -0.05) is 18.2 Å². The SMILES string of the molecule is NC(=O)Cn1ccnc1[C@@H]1CCCN(C(=O)c2cc3ccccc3[nH]2)C1. The smallest absolute Gasteiger partial charge is 0.270 e. The Balaban J connectivity index is 1.54. The first-order chi connectivity index (χ1) is 12.6. The molecular formula is C19H21N5O2. The first-order valence-electron chi connectivity index (χ1n) is 8.78. The Bertz CT molecular complexity index is 925. The topological polar surface area (TPSA) is 97.0 Å². The number of hydrogen-bond donors (Lipinski definition) is 2. The van der Waals surface area contributed by atoms with Crippen LogP contribution >= 0.6 is 0 Å². The molecule has 7 nitrogen and oxygen atoms in total. The molecule has 3 N–H and O–H groups in total. The normalized spacial score (nSPS) is 17.5. The summed E-state index contributed by atoms with van der Waals surface area (Å²) in [5, 5.41) is 1.03. The Morgan fingerprint density at radius 2 is 2.15 bits per heavy atom. The number of carbonyl (C=O) groups is 2. The molecule has 0 spiro atoms. The van der Waals surface area contributed by atoms with E-state index in [1.807, 2.05) is 35.2 Å². The number of nitrogens with two attached hydrogens (primary N) is 1. The zero-order valence-electron chi connectivity index (χ0n) is 14.4. The van der Waals surface area contributed by atoms with Crippen LogP contribution in [0.25, 0.3) is 10.9 Å². The van der Waals surface area contributed by atoms with Crippen LogP contribution in [0.2, 0.25) is 0 Å². The number of piperidine rings is 1. The third-order valence-electron chi connectivity index (χ3n) is 4.91. The van der Waals surface area contributed by atoms with E-state index in [0.29, 0.717) is 12.2 Å². The number of carbonyl (C=O) groups excluding carboxylic acids is 2. The molecule has 3 heterocycles. The van der Waals surface area contributed by atoms with Gasteiger partial charge in [0.25, 0.3) is 5.91 Å². The fraction of sp³-hybridized carbons (Fsp3) is 0.316. The number of fused-ring (bicyclic) bond motifs is 1. The number of hydrogen-bond acceptors (Lipinski definition) is 3. The molecule has 1 aliphatic heterocycles. The molecule has 1 fully saturated rings. The van der Waals surface area contributed by atoms with Crippen LogP contribution < -0.4 is 5.73 Å². The molecule has 0 saturated carbocycles. The number of para-hydroxylation sites is 1. The fourth-order valence-corrected chi connectivity index (χ4v) is 3.71. The first kappa shape index (κ1) is 16.4. The average Bonchev–Trinajstić information content (AvgIpc) is 3.27. The summed E-state index contributed by atoms with van der Waals surface area (Å²) < 4.78 is 1.78. The van der Waals surface area contributed by atoms with Gasteiger partial charge in [0, 0.05) is 42.3 Å². The van der Waals surface area contributed by atoms with E-state index in [-0.39, 0.29) is 18.4 Å². The lowest BCUT2D eigenvalue weighted by atomic mass is 9.96. The van der Waals surface area contributed by atoms with Crippen molar-refractivity contribution in [2.24, 2.45) is 5.73 Å². The van der Waals surface area contributed by atoms with Crippen LogP contribution in [0, 0.1) is 0 Å². The van der Waals surface area contributed by atoms with Crippen LogP contribution in [0.15, 0.2) is 42.7 Å². The minimum atomic E-state index is -0.397. The number of nitrogens with one attached hydrogen (secondary N) is 1. The molecule has 4 rings (SSSR count). The zero-order chi connectivity index (χ0) is 18.1. The molecule has 1 aliphatic rings. The molecule has 134 valence electrons. The van der Waals surface area contributed by atoms with Crippen LogP contribution in [0.3, 0.4) is 0 Å². The molecule has 0 bridgehead atoms. The van der Waals surface area contributed by atoms with Crippen LogP contribution in [-0.2, 0) is 11.3 Å². The van der Waals surface area contributed by atoms with Crippen LogP contribution in [0.1, 0.15) is 35.1 Å². The van der Waals surface area contributed by atoms with Crippen molar-refractivity contribution < 1.29 is 9.59 Å². The maximum Gasteiger partial charge on any atom is 0.270 e. The second-order valence-electron chi connectivity index (χ2n) is 6.74. The lowest BCUT2D eigenvalue weighted by molar-refractivity contribution is -0.118. The van der Waals surface area contributed by atoms with Gasteiger partial charge in [-0.2, -0.15) is 0 Å². The standard InChI is InChI=1S/C19H21N5O2/c20-17(25)12-23-9-7-21-18(23)14-5-3-8-24(11-14)19(26)16-10-13-4-1-2-6-15(13)22-16/h1-2,4,6-7,9-10,14,22H,3,5,8,11-12H2,(H2,20,25)/t14-/m1/s1. The predicted octanol–water partition coefficient (Wildman–Crippen LogP) is 1.87. The van der Waals surface area contributed by atoms with Gasteiger partial charge in [0.15, 0.2) is 0 Å². The number of H-pyrrole nitrogens is 1. The number of aromatic nitrogens is 3. The molecule has 3 aromatic rings. The lowest BCUT2D eigenvalue weighted by Crippen LogP contribution is -2.40. The molecule has 0 radical (unpaired) electrons. The third kappa shape index (κ3) is 3.08. The number of aromatic amines is 1. The number of nitrogens with zero attached hydrogens (tertiary/aromatic N) is 3. The maximum atomic E-state index is 12.9. The summed E-state index contributed by atoms with van der Waals surface area (Å²) in [4.78, 5) is 33.7. The van der Waals surface area contributed by atoms with Crippen molar-refractivity contribution in [1.29, 1.82) is 0 Å². The summed E-state index contributed by atoms with van der Waals surface area (Å²) in [5.74, 6) is 0.523. The number of primary amides is 1. The van der Waals surface area contributed by atoms with Crippen molar-refractivity contribution in [2.75, 3.05) is 13.1 Å². The van der Waals surface area contributed by atoms with Gasteiger partial charge in [0.05, 0.1) is 0 Å². The Kier molecular flexibility index (Phi) is 4.20. The van der Waals surface area contributed by atoms with E-state index < -0.39 is 5.91 Å². The van der Waals surface area contributed by atoms with E-state index in [1.54, 1.807) is 17.0 Å². The highest BCUT2D eigenvalue weighted by molar-refractivity contribution is 5.98. The van der Waals surface area contributed by atoms with E-state index in [4.69, 9.17) is 5.73 Å². The number of amides is 2. The highest BCUT2D eigenvalue weighted by Gasteiger charge is 2.28. The zero-order valence-corrected chi connectivity index (χ0v) is 14.4. The summed E-state index contributed by atoms with van der Waals surface area (Å²) >= 11 is 0. The van der Waals surface area contributed by atoms with Crippen molar-refractivity contribution in [3.8, 4) is 0 Å². The number of likely N-dealkylation sites (tertiary alicyclic amines) is 1. The quantitative estimate of drug-likeness (QED) is 0.751. The van der Waals surface area contributed by atoms with Gasteiger partial charge in [0.2, 0.25) is 5.91 Å². The minimum absolute atomic E-state index is 0.00101. The van der Waals surface area contributed by atoms with Crippen molar-refractivity contribution in [2.45, 2.75) is 25.3 Å². The van der Waals surface area contributed by atoms with E-state index in [0.717, 1.165) is 36.1 Å². The van der Waals surface area contributed by atoms with Gasteiger partial charge in [-0.3, -0.25) is 9.59 Å². The molecule has 1 aromatic carbocycles. The van der Waals surface area contributed by atoms with E-state index in [2.05, 4.69) is 9.97 Å². The molecule has 1 atom stereocenters. The van der Waals surface area contributed by atoms with E-state index in [9.17, 15) is 9.59 Å². The molecular weight excluding hydrogens is 330 g/mol. The molecule has 0 unspecified atom stereocenters. The van der Waals surface area contributed by atoms with Crippen molar-refractivity contribution in [3.05, 3.63) is 54.2 Å². The third-order valence-corrected chi connectivity index (χ3v) is 4.91. The molecule has 1 saturated heterocycles. The summed E-state index contributed by atoms with van der Waals surface area (Å²) in [7, 11) is 0. The molecule has 2 amide bonds. The summed E-state index contributed by atoms with van der Waals surface area (Å²) in [6.07, 6.45) is 5.28. The second kappa shape index (κ2) is 6.67. The molecule has 7 heteroatoms. The Hall–Kier alpha value is -3.09. The van der Waals surface area contributed by atoms with Gasteiger partial charge in [0.1, 0.15) is 18.1 Å². The van der Waals surface area contributed by atoms with E-state index >= 15 is 0 Å². The predicted molar refractivity (Wildman–Crippen MR) is 97.6 cm³/mol. The molecule has 2 aromatic heterocycles. The highest BCUT2D eigenvalue weighted by Crippen LogP contribution is 2.27. The Morgan fingerprint density at radius 3 is 2.96 bits per heavy atom. The molecule has 26 heavy (non-hydrogen) atoms. The van der Waals surface area contributed by atoms with Crippen LogP contribution in [-0.4, -0.2) is 44.3 Å². The van der Waals surface area contributed by atoms with Crippen molar-refractivity contribution in [1.82, 2.24) is 19.4 Å². The second-order valence-corrected chi connectivity index (χ2v) is 6.74. The van der Waals surface area contributed by atoms with Crippen LogP contribution in [0.4, 0.5) is 0 Å². The number of benzene rings is 1.